The monoisotopic (exact) mass is 500 g/mol. The molecular formula is C23H25FN6O4S. The molecule has 0 bridgehead atoms. The number of benzene rings is 2. The maximum atomic E-state index is 14.4. The van der Waals surface area contributed by atoms with E-state index in [4.69, 9.17) is 4.74 Å². The molecule has 2 heterocycles. The number of carbonyl (C=O) groups excluding carboxylic acids is 1. The highest BCUT2D eigenvalue weighted by molar-refractivity contribution is 7.92. The quantitative estimate of drug-likeness (QED) is 0.416. The van der Waals surface area contributed by atoms with Crippen LogP contribution in [0.15, 0.2) is 61.3 Å². The van der Waals surface area contributed by atoms with Crippen molar-refractivity contribution in [3.63, 3.8) is 0 Å². The first-order valence-electron chi connectivity index (χ1n) is 10.1. The number of carbonyl (C=O) groups is 1. The van der Waals surface area contributed by atoms with Gasteiger partial charge in [-0.2, -0.15) is 4.98 Å². The number of halogens is 1. The number of sulfonamides is 1. The summed E-state index contributed by atoms with van der Waals surface area (Å²) in [4.78, 5) is 19.6. The molecule has 1 aliphatic heterocycles. The Morgan fingerprint density at radius 2 is 1.91 bits per heavy atom. The molecule has 0 aliphatic carbocycles. The topological polar surface area (TPSA) is 126 Å². The summed E-state index contributed by atoms with van der Waals surface area (Å²) >= 11 is 0. The van der Waals surface area contributed by atoms with Crippen LogP contribution in [0.4, 0.5) is 38.9 Å². The number of anilines is 6. The van der Waals surface area contributed by atoms with E-state index < -0.39 is 15.8 Å². The van der Waals surface area contributed by atoms with Gasteiger partial charge >= 0.3 is 0 Å². The van der Waals surface area contributed by atoms with Gasteiger partial charge in [-0.3, -0.25) is 9.10 Å². The van der Waals surface area contributed by atoms with Crippen molar-refractivity contribution in [2.45, 2.75) is 7.43 Å². The molecule has 0 unspecified atom stereocenters. The second kappa shape index (κ2) is 10.4. The van der Waals surface area contributed by atoms with Gasteiger partial charge in [-0.1, -0.05) is 20.1 Å². The predicted octanol–water partition coefficient (Wildman–Crippen LogP) is 4.02. The number of hydrogen-bond donors (Lipinski definition) is 3. The van der Waals surface area contributed by atoms with Gasteiger partial charge in [-0.25, -0.2) is 17.8 Å². The third-order valence-corrected chi connectivity index (χ3v) is 5.94. The van der Waals surface area contributed by atoms with Crippen molar-refractivity contribution < 1.29 is 22.3 Å². The number of amides is 1. The summed E-state index contributed by atoms with van der Waals surface area (Å²) < 4.78 is 45.4. The van der Waals surface area contributed by atoms with E-state index in [9.17, 15) is 17.6 Å². The molecule has 0 spiro atoms. The zero-order valence-corrected chi connectivity index (χ0v) is 18.9. The molecule has 3 aromatic rings. The van der Waals surface area contributed by atoms with Crippen LogP contribution in [-0.4, -0.2) is 43.7 Å². The molecule has 12 heteroatoms. The molecular weight excluding hydrogens is 475 g/mol. The Morgan fingerprint density at radius 3 is 2.66 bits per heavy atom. The van der Waals surface area contributed by atoms with E-state index in [0.29, 0.717) is 28.5 Å². The molecule has 0 atom stereocenters. The summed E-state index contributed by atoms with van der Waals surface area (Å²) in [5.41, 5.74) is 1.86. The first kappa shape index (κ1) is 25.4. The lowest BCUT2D eigenvalue weighted by Crippen LogP contribution is -2.37. The van der Waals surface area contributed by atoms with Crippen LogP contribution in [-0.2, 0) is 14.8 Å². The number of rotatable bonds is 7. The molecule has 1 amide bonds. The van der Waals surface area contributed by atoms with E-state index >= 15 is 0 Å². The Balaban J connectivity index is 0.00000342. The average molecular weight is 501 g/mol. The molecule has 3 N–H and O–H groups in total. The molecule has 1 aliphatic rings. The van der Waals surface area contributed by atoms with E-state index in [-0.39, 0.29) is 38.3 Å². The smallest absolute Gasteiger partial charge is 0.247 e. The molecule has 0 saturated carbocycles. The lowest BCUT2D eigenvalue weighted by molar-refractivity contribution is -0.111. The van der Waals surface area contributed by atoms with Gasteiger partial charge < -0.3 is 20.7 Å². The molecule has 184 valence electrons. The summed E-state index contributed by atoms with van der Waals surface area (Å²) in [5.74, 6) is -0.630. The Kier molecular flexibility index (Phi) is 7.55. The Bertz CT molecular complexity index is 1370. The van der Waals surface area contributed by atoms with Crippen molar-refractivity contribution in [2.75, 3.05) is 39.7 Å². The fourth-order valence-electron chi connectivity index (χ4n) is 3.26. The van der Waals surface area contributed by atoms with Crippen molar-refractivity contribution in [3.05, 3.63) is 67.1 Å². The highest BCUT2D eigenvalue weighted by Crippen LogP contribution is 2.36. The maximum Gasteiger partial charge on any atom is 0.247 e. The third-order valence-electron chi connectivity index (χ3n) is 4.76. The minimum absolute atomic E-state index is 0. The van der Waals surface area contributed by atoms with Gasteiger partial charge in [0.1, 0.15) is 12.4 Å². The Labute approximate surface area is 202 Å². The SMILES string of the molecule is C.C=CC(=O)Nc1cccc(Nc2nc(Nc3ccc4c(c3)N(S(C)(=O)=O)CCO4)ncc2F)c1. The molecule has 2 aromatic carbocycles. The highest BCUT2D eigenvalue weighted by atomic mass is 32.2. The van der Waals surface area contributed by atoms with Crippen molar-refractivity contribution in [1.82, 2.24) is 9.97 Å². The number of fused-ring (bicyclic) bond motifs is 1. The van der Waals surface area contributed by atoms with Crippen LogP contribution in [0.2, 0.25) is 0 Å². The van der Waals surface area contributed by atoms with Gasteiger partial charge in [-0.05, 0) is 42.5 Å². The van der Waals surface area contributed by atoms with E-state index in [0.717, 1.165) is 18.5 Å². The summed E-state index contributed by atoms with van der Waals surface area (Å²) in [6.45, 7) is 3.85. The maximum absolute atomic E-state index is 14.4. The lowest BCUT2D eigenvalue weighted by Gasteiger charge is -2.29. The van der Waals surface area contributed by atoms with Crippen LogP contribution in [0, 0.1) is 5.82 Å². The van der Waals surface area contributed by atoms with E-state index in [2.05, 4.69) is 32.5 Å². The first-order valence-corrected chi connectivity index (χ1v) is 11.9. The molecule has 0 saturated heterocycles. The summed E-state index contributed by atoms with van der Waals surface area (Å²) in [5, 5.41) is 8.43. The number of hydrogen-bond acceptors (Lipinski definition) is 8. The average Bonchev–Trinajstić information content (AvgIpc) is 2.80. The van der Waals surface area contributed by atoms with Gasteiger partial charge in [0.05, 0.1) is 24.7 Å². The molecule has 0 radical (unpaired) electrons. The first-order chi connectivity index (χ1) is 16.2. The molecule has 4 rings (SSSR count). The number of nitrogens with zero attached hydrogens (tertiary/aromatic N) is 3. The van der Waals surface area contributed by atoms with Crippen LogP contribution in [0.25, 0.3) is 0 Å². The number of ether oxygens (including phenoxy) is 1. The fraction of sp³-hybridized carbons (Fsp3) is 0.174. The van der Waals surface area contributed by atoms with E-state index in [1.165, 1.54) is 4.31 Å². The molecule has 0 fully saturated rings. The van der Waals surface area contributed by atoms with Crippen molar-refractivity contribution >= 4 is 50.4 Å². The molecule has 35 heavy (non-hydrogen) atoms. The zero-order valence-electron chi connectivity index (χ0n) is 18.1. The van der Waals surface area contributed by atoms with Gasteiger partial charge in [0, 0.05) is 17.1 Å². The lowest BCUT2D eigenvalue weighted by atomic mass is 10.2. The van der Waals surface area contributed by atoms with Gasteiger partial charge in [-0.15, -0.1) is 0 Å². The standard InChI is InChI=1S/C22H21FN6O4S.CH4/c1-3-20(30)25-14-5-4-6-15(11-14)26-21-17(23)13-24-22(28-21)27-16-7-8-19-18(12-16)29(9-10-33-19)34(2,31)32;/h3-8,11-13H,1,9-10H2,2H3,(H,25,30)(H2,24,26,27,28);1H4. The van der Waals surface area contributed by atoms with Gasteiger partial charge in [0.2, 0.25) is 21.9 Å². The minimum Gasteiger partial charge on any atom is -0.489 e. The fourth-order valence-corrected chi connectivity index (χ4v) is 4.17. The van der Waals surface area contributed by atoms with Crippen LogP contribution < -0.4 is 25.0 Å². The Morgan fingerprint density at radius 1 is 1.17 bits per heavy atom. The second-order valence-corrected chi connectivity index (χ2v) is 9.19. The van der Waals surface area contributed by atoms with E-state index in [1.54, 1.807) is 42.5 Å². The summed E-state index contributed by atoms with van der Waals surface area (Å²) in [7, 11) is -3.49. The summed E-state index contributed by atoms with van der Waals surface area (Å²) in [6.07, 6.45) is 3.27. The second-order valence-electron chi connectivity index (χ2n) is 7.28. The Hall–Kier alpha value is -4.19. The van der Waals surface area contributed by atoms with Crippen molar-refractivity contribution in [3.8, 4) is 5.75 Å². The van der Waals surface area contributed by atoms with Crippen LogP contribution in [0.3, 0.4) is 0 Å². The van der Waals surface area contributed by atoms with Gasteiger partial charge in [0.25, 0.3) is 0 Å². The van der Waals surface area contributed by atoms with Crippen LogP contribution in [0.1, 0.15) is 7.43 Å². The number of aromatic nitrogens is 2. The highest BCUT2D eigenvalue weighted by Gasteiger charge is 2.25. The molecule has 1 aromatic heterocycles. The molecule has 10 nitrogen and oxygen atoms in total. The van der Waals surface area contributed by atoms with Crippen molar-refractivity contribution in [1.29, 1.82) is 0 Å². The normalized spacial score (nSPS) is 12.5. The minimum atomic E-state index is -3.49. The van der Waals surface area contributed by atoms with E-state index in [1.807, 2.05) is 0 Å². The summed E-state index contributed by atoms with van der Waals surface area (Å²) in [6, 6.07) is 11.6. The van der Waals surface area contributed by atoms with Crippen LogP contribution in [0.5, 0.6) is 5.75 Å². The van der Waals surface area contributed by atoms with Crippen molar-refractivity contribution in [2.24, 2.45) is 0 Å². The zero-order chi connectivity index (χ0) is 24.3. The van der Waals surface area contributed by atoms with Gasteiger partial charge in [0.15, 0.2) is 11.6 Å². The predicted molar refractivity (Wildman–Crippen MR) is 135 cm³/mol. The van der Waals surface area contributed by atoms with Crippen LogP contribution >= 0.6 is 0 Å². The third kappa shape index (κ3) is 6.03. The largest absolute Gasteiger partial charge is 0.489 e. The number of nitrogens with one attached hydrogen (secondary N) is 3.